The number of rotatable bonds is 5. The van der Waals surface area contributed by atoms with Crippen molar-refractivity contribution in [2.24, 2.45) is 5.92 Å². The molecule has 1 aromatic heterocycles. The summed E-state index contributed by atoms with van der Waals surface area (Å²) in [4.78, 5) is 8.59. The van der Waals surface area contributed by atoms with Gasteiger partial charge in [-0.05, 0) is 25.8 Å². The Hall–Kier alpha value is -0.650. The minimum absolute atomic E-state index is 0.0930. The summed E-state index contributed by atoms with van der Waals surface area (Å²) in [6.07, 6.45) is 2.46. The van der Waals surface area contributed by atoms with Crippen LogP contribution >= 0.6 is 11.3 Å². The number of hydrogen-bond acceptors (Lipinski definition) is 5. The smallest absolute Gasteiger partial charge is 0.185 e. The van der Waals surface area contributed by atoms with E-state index in [1.54, 1.807) is 0 Å². The average molecular weight is 311 g/mol. The first kappa shape index (κ1) is 16.7. The van der Waals surface area contributed by atoms with Crippen LogP contribution in [0.3, 0.4) is 0 Å². The van der Waals surface area contributed by atoms with E-state index in [0.29, 0.717) is 5.92 Å². The average Bonchev–Trinajstić information content (AvgIpc) is 2.84. The van der Waals surface area contributed by atoms with E-state index in [1.165, 1.54) is 23.4 Å². The van der Waals surface area contributed by atoms with Crippen LogP contribution in [0.4, 0.5) is 5.13 Å². The Bertz CT molecular complexity index is 447. The standard InChI is InChI=1S/C16H29N3OS/c1-16(2,3)14-13(9-17-4)21-15(18-14)19(5)10-12-7-6-8-20-11-12/h12,17H,6-11H2,1-5H3. The van der Waals surface area contributed by atoms with Crippen LogP contribution in [0.15, 0.2) is 0 Å². The molecule has 0 saturated carbocycles. The second-order valence-electron chi connectivity index (χ2n) is 7.01. The van der Waals surface area contributed by atoms with Crippen molar-refractivity contribution in [2.45, 2.75) is 45.6 Å². The summed E-state index contributed by atoms with van der Waals surface area (Å²) in [6.45, 7) is 10.5. The first-order chi connectivity index (χ1) is 9.91. The largest absolute Gasteiger partial charge is 0.381 e. The second-order valence-corrected chi connectivity index (χ2v) is 8.07. The van der Waals surface area contributed by atoms with Crippen molar-refractivity contribution in [1.82, 2.24) is 10.3 Å². The molecule has 0 spiro atoms. The molecule has 1 aliphatic rings. The van der Waals surface area contributed by atoms with Gasteiger partial charge in [0.05, 0.1) is 12.3 Å². The maximum absolute atomic E-state index is 5.59. The lowest BCUT2D eigenvalue weighted by molar-refractivity contribution is 0.0576. The molecule has 0 aliphatic carbocycles. The molecule has 1 N–H and O–H groups in total. The molecular formula is C16H29N3OS. The molecule has 2 heterocycles. The fraction of sp³-hybridized carbons (Fsp3) is 0.812. The summed E-state index contributed by atoms with van der Waals surface area (Å²) in [5, 5.41) is 4.40. The van der Waals surface area contributed by atoms with Crippen LogP contribution in [0.1, 0.15) is 44.2 Å². The lowest BCUT2D eigenvalue weighted by Gasteiger charge is -2.26. The van der Waals surface area contributed by atoms with E-state index in [-0.39, 0.29) is 5.41 Å². The Morgan fingerprint density at radius 3 is 2.76 bits per heavy atom. The SMILES string of the molecule is CNCc1sc(N(C)CC2CCCOC2)nc1C(C)(C)C. The zero-order valence-corrected chi connectivity index (χ0v) is 14.8. The van der Waals surface area contributed by atoms with Crippen molar-refractivity contribution < 1.29 is 4.74 Å². The van der Waals surface area contributed by atoms with Crippen LogP contribution in [0.25, 0.3) is 0 Å². The topological polar surface area (TPSA) is 37.4 Å². The van der Waals surface area contributed by atoms with Crippen molar-refractivity contribution in [3.63, 3.8) is 0 Å². The van der Waals surface area contributed by atoms with Crippen LogP contribution in [0, 0.1) is 5.92 Å². The normalized spacial score (nSPS) is 19.8. The predicted octanol–water partition coefficient (Wildman–Crippen LogP) is 3.02. The quantitative estimate of drug-likeness (QED) is 0.907. The third kappa shape index (κ3) is 4.41. The summed E-state index contributed by atoms with van der Waals surface area (Å²) in [5.41, 5.74) is 1.32. The highest BCUT2D eigenvalue weighted by molar-refractivity contribution is 7.15. The van der Waals surface area contributed by atoms with E-state index in [9.17, 15) is 0 Å². The van der Waals surface area contributed by atoms with Gasteiger partial charge in [0, 0.05) is 37.0 Å². The van der Waals surface area contributed by atoms with Gasteiger partial charge in [-0.3, -0.25) is 0 Å². The van der Waals surface area contributed by atoms with E-state index in [2.05, 4.69) is 38.0 Å². The van der Waals surface area contributed by atoms with Gasteiger partial charge in [-0.2, -0.15) is 0 Å². The van der Waals surface area contributed by atoms with E-state index in [4.69, 9.17) is 9.72 Å². The molecule has 4 nitrogen and oxygen atoms in total. The molecule has 21 heavy (non-hydrogen) atoms. The lowest BCUT2D eigenvalue weighted by atomic mass is 9.91. The molecule has 0 aromatic carbocycles. The third-order valence-electron chi connectivity index (χ3n) is 3.85. The van der Waals surface area contributed by atoms with E-state index in [1.807, 2.05) is 18.4 Å². The van der Waals surface area contributed by atoms with Crippen molar-refractivity contribution in [3.8, 4) is 0 Å². The molecule has 0 bridgehead atoms. The molecule has 1 fully saturated rings. The zero-order valence-electron chi connectivity index (χ0n) is 14.0. The molecule has 1 atom stereocenters. The minimum atomic E-state index is 0.0930. The van der Waals surface area contributed by atoms with Gasteiger partial charge in [-0.25, -0.2) is 4.98 Å². The summed E-state index contributed by atoms with van der Waals surface area (Å²) < 4.78 is 5.59. The van der Waals surface area contributed by atoms with Gasteiger partial charge in [-0.15, -0.1) is 11.3 Å². The third-order valence-corrected chi connectivity index (χ3v) is 5.02. The highest BCUT2D eigenvalue weighted by atomic mass is 32.1. The Kier molecular flexibility index (Phi) is 5.63. The van der Waals surface area contributed by atoms with Gasteiger partial charge in [0.25, 0.3) is 0 Å². The number of nitrogens with zero attached hydrogens (tertiary/aromatic N) is 2. The van der Waals surface area contributed by atoms with Crippen LogP contribution < -0.4 is 10.2 Å². The van der Waals surface area contributed by atoms with Crippen LogP contribution in [-0.2, 0) is 16.7 Å². The second kappa shape index (κ2) is 7.07. The highest BCUT2D eigenvalue weighted by Gasteiger charge is 2.25. The van der Waals surface area contributed by atoms with Gasteiger partial charge < -0.3 is 15.0 Å². The Morgan fingerprint density at radius 1 is 1.43 bits per heavy atom. The van der Waals surface area contributed by atoms with Crippen LogP contribution in [-0.4, -0.2) is 38.8 Å². The molecule has 2 rings (SSSR count). The first-order valence-electron chi connectivity index (χ1n) is 7.85. The number of hydrogen-bond donors (Lipinski definition) is 1. The fourth-order valence-corrected chi connectivity index (χ4v) is 4.04. The summed E-state index contributed by atoms with van der Waals surface area (Å²) in [6, 6.07) is 0. The number of anilines is 1. The molecule has 0 amide bonds. The molecule has 5 heteroatoms. The van der Waals surface area contributed by atoms with E-state index < -0.39 is 0 Å². The number of aromatic nitrogens is 1. The van der Waals surface area contributed by atoms with Crippen molar-refractivity contribution in [3.05, 3.63) is 10.6 Å². The van der Waals surface area contributed by atoms with Gasteiger partial charge in [0.1, 0.15) is 0 Å². The van der Waals surface area contributed by atoms with Crippen molar-refractivity contribution in [1.29, 1.82) is 0 Å². The fourth-order valence-electron chi connectivity index (χ4n) is 2.79. The van der Waals surface area contributed by atoms with Gasteiger partial charge in [-0.1, -0.05) is 20.8 Å². The maximum atomic E-state index is 5.59. The van der Waals surface area contributed by atoms with E-state index >= 15 is 0 Å². The summed E-state index contributed by atoms with van der Waals surface area (Å²) in [7, 11) is 4.15. The molecule has 1 aliphatic heterocycles. The zero-order chi connectivity index (χ0) is 15.5. The highest BCUT2D eigenvalue weighted by Crippen LogP contribution is 2.34. The van der Waals surface area contributed by atoms with Crippen LogP contribution in [0.2, 0.25) is 0 Å². The minimum Gasteiger partial charge on any atom is -0.381 e. The summed E-state index contributed by atoms with van der Waals surface area (Å²) >= 11 is 1.82. The molecule has 1 unspecified atom stereocenters. The molecule has 1 aromatic rings. The molecule has 0 radical (unpaired) electrons. The molecule has 120 valence electrons. The molecular weight excluding hydrogens is 282 g/mol. The summed E-state index contributed by atoms with van der Waals surface area (Å²) in [5.74, 6) is 0.637. The van der Waals surface area contributed by atoms with Crippen LogP contribution in [0.5, 0.6) is 0 Å². The Labute approximate surface area is 132 Å². The van der Waals surface area contributed by atoms with Crippen molar-refractivity contribution in [2.75, 3.05) is 38.8 Å². The number of nitrogens with one attached hydrogen (secondary N) is 1. The maximum Gasteiger partial charge on any atom is 0.185 e. The number of thiazole rings is 1. The predicted molar refractivity (Wildman–Crippen MR) is 90.4 cm³/mol. The van der Waals surface area contributed by atoms with Gasteiger partial charge >= 0.3 is 0 Å². The monoisotopic (exact) mass is 311 g/mol. The van der Waals surface area contributed by atoms with E-state index in [0.717, 1.165) is 31.4 Å². The number of ether oxygens (including phenoxy) is 1. The first-order valence-corrected chi connectivity index (χ1v) is 8.67. The van der Waals surface area contributed by atoms with Gasteiger partial charge in [0.15, 0.2) is 5.13 Å². The van der Waals surface area contributed by atoms with Gasteiger partial charge in [0.2, 0.25) is 0 Å². The Balaban J connectivity index is 2.11. The lowest BCUT2D eigenvalue weighted by Crippen LogP contribution is -2.30. The molecule has 1 saturated heterocycles. The van der Waals surface area contributed by atoms with Crippen molar-refractivity contribution >= 4 is 16.5 Å². The Morgan fingerprint density at radius 2 is 2.19 bits per heavy atom.